The molecule has 20 heavy (non-hydrogen) atoms. The lowest BCUT2D eigenvalue weighted by Crippen LogP contribution is -2.31. The second-order valence-corrected chi connectivity index (χ2v) is 4.47. The van der Waals surface area contributed by atoms with Crippen molar-refractivity contribution < 1.29 is 14.3 Å². The van der Waals surface area contributed by atoms with Gasteiger partial charge in [-0.15, -0.1) is 0 Å². The van der Waals surface area contributed by atoms with Crippen LogP contribution in [0.2, 0.25) is 0 Å². The fourth-order valence-electron chi connectivity index (χ4n) is 1.50. The van der Waals surface area contributed by atoms with Gasteiger partial charge in [-0.05, 0) is 0 Å². The minimum atomic E-state index is -0.527. The highest BCUT2D eigenvalue weighted by molar-refractivity contribution is 7.80. The van der Waals surface area contributed by atoms with E-state index in [2.05, 4.69) is 14.7 Å². The van der Waals surface area contributed by atoms with Gasteiger partial charge < -0.3 is 20.1 Å². The van der Waals surface area contributed by atoms with E-state index in [0.29, 0.717) is 36.9 Å². The van der Waals surface area contributed by atoms with Crippen molar-refractivity contribution in [3.63, 3.8) is 0 Å². The van der Waals surface area contributed by atoms with E-state index in [-0.39, 0.29) is 5.69 Å². The van der Waals surface area contributed by atoms with Gasteiger partial charge in [0.1, 0.15) is 5.82 Å². The van der Waals surface area contributed by atoms with E-state index in [9.17, 15) is 4.79 Å². The van der Waals surface area contributed by atoms with E-state index >= 15 is 0 Å². The standard InChI is InChI=1S/C12H18N4O3S/c1-18-6-5-16(4-3-10(13)20)11-8-14-7-9(15-11)12(17)19-2/h7-8H,3-6H2,1-2H3,(H2,13,20). The first-order chi connectivity index (χ1) is 9.58. The molecule has 0 bridgehead atoms. The number of anilines is 1. The zero-order valence-corrected chi connectivity index (χ0v) is 12.4. The average Bonchev–Trinajstić information content (AvgIpc) is 2.46. The van der Waals surface area contributed by atoms with Crippen LogP contribution in [-0.2, 0) is 9.47 Å². The quantitative estimate of drug-likeness (QED) is 0.544. The molecule has 7 nitrogen and oxygen atoms in total. The number of hydrogen-bond acceptors (Lipinski definition) is 7. The molecule has 0 aliphatic carbocycles. The SMILES string of the molecule is COCCN(CCC(N)=S)c1cncc(C(=O)OC)n1. The Morgan fingerprint density at radius 2 is 2.15 bits per heavy atom. The van der Waals surface area contributed by atoms with Crippen LogP contribution in [0.3, 0.4) is 0 Å². The average molecular weight is 298 g/mol. The summed E-state index contributed by atoms with van der Waals surface area (Å²) in [5.74, 6) is 0.0292. The lowest BCUT2D eigenvalue weighted by molar-refractivity contribution is 0.0593. The molecule has 0 unspecified atom stereocenters. The lowest BCUT2D eigenvalue weighted by atomic mass is 10.3. The first kappa shape index (κ1) is 16.3. The number of rotatable bonds is 8. The molecule has 110 valence electrons. The minimum Gasteiger partial charge on any atom is -0.464 e. The Hall–Kier alpha value is -1.80. The van der Waals surface area contributed by atoms with Gasteiger partial charge in [-0.25, -0.2) is 9.78 Å². The molecule has 0 atom stereocenters. The van der Waals surface area contributed by atoms with Crippen LogP contribution in [0.25, 0.3) is 0 Å². The summed E-state index contributed by atoms with van der Waals surface area (Å²) in [5, 5.41) is 0. The molecule has 0 radical (unpaired) electrons. The third-order valence-electron chi connectivity index (χ3n) is 2.53. The Morgan fingerprint density at radius 1 is 1.40 bits per heavy atom. The highest BCUT2D eigenvalue weighted by Gasteiger charge is 2.13. The fourth-order valence-corrected chi connectivity index (χ4v) is 1.59. The number of carbonyl (C=O) groups excluding carboxylic acids is 1. The third-order valence-corrected chi connectivity index (χ3v) is 2.74. The largest absolute Gasteiger partial charge is 0.464 e. The van der Waals surface area contributed by atoms with Gasteiger partial charge >= 0.3 is 5.97 Å². The van der Waals surface area contributed by atoms with Crippen molar-refractivity contribution in [2.75, 3.05) is 38.8 Å². The Morgan fingerprint density at radius 3 is 2.75 bits per heavy atom. The topological polar surface area (TPSA) is 90.6 Å². The summed E-state index contributed by atoms with van der Waals surface area (Å²) >= 11 is 4.87. The van der Waals surface area contributed by atoms with Crippen molar-refractivity contribution in [1.29, 1.82) is 0 Å². The van der Waals surface area contributed by atoms with Crippen LogP contribution in [0, 0.1) is 0 Å². The van der Waals surface area contributed by atoms with Crippen LogP contribution < -0.4 is 10.6 Å². The van der Waals surface area contributed by atoms with Gasteiger partial charge in [0, 0.05) is 26.6 Å². The third kappa shape index (κ3) is 5.06. The number of ether oxygens (including phenoxy) is 2. The molecule has 0 spiro atoms. The zero-order valence-electron chi connectivity index (χ0n) is 11.5. The summed E-state index contributed by atoms with van der Waals surface area (Å²) in [5.41, 5.74) is 5.67. The number of thiocarbonyl (C=S) groups is 1. The van der Waals surface area contributed by atoms with Gasteiger partial charge in [0.15, 0.2) is 5.69 Å². The van der Waals surface area contributed by atoms with Gasteiger partial charge in [0.2, 0.25) is 0 Å². The van der Waals surface area contributed by atoms with E-state index in [1.807, 2.05) is 4.90 Å². The monoisotopic (exact) mass is 298 g/mol. The van der Waals surface area contributed by atoms with E-state index in [1.165, 1.54) is 13.3 Å². The highest BCUT2D eigenvalue weighted by Crippen LogP contribution is 2.11. The molecule has 0 saturated heterocycles. The maximum absolute atomic E-state index is 11.5. The van der Waals surface area contributed by atoms with Crippen molar-refractivity contribution in [2.24, 2.45) is 5.73 Å². The first-order valence-electron chi connectivity index (χ1n) is 6.01. The Bertz CT molecular complexity index is 470. The predicted octanol–water partition coefficient (Wildman–Crippen LogP) is 0.392. The molecule has 1 rings (SSSR count). The van der Waals surface area contributed by atoms with Crippen LogP contribution in [-0.4, -0.2) is 54.8 Å². The molecule has 8 heteroatoms. The molecule has 0 fully saturated rings. The normalized spacial score (nSPS) is 10.1. The molecule has 2 N–H and O–H groups in total. The van der Waals surface area contributed by atoms with Gasteiger partial charge in [-0.3, -0.25) is 4.98 Å². The number of carbonyl (C=O) groups is 1. The number of hydrogen-bond donors (Lipinski definition) is 1. The molecule has 0 amide bonds. The number of methoxy groups -OCH3 is 2. The molecule has 0 saturated carbocycles. The van der Waals surface area contributed by atoms with Gasteiger partial charge in [-0.2, -0.15) is 0 Å². The summed E-state index contributed by atoms with van der Waals surface area (Å²) in [6.45, 7) is 1.69. The molecule has 1 heterocycles. The van der Waals surface area contributed by atoms with Crippen molar-refractivity contribution in [2.45, 2.75) is 6.42 Å². The molecule has 1 aromatic heterocycles. The van der Waals surface area contributed by atoms with Crippen molar-refractivity contribution in [3.05, 3.63) is 18.1 Å². The van der Waals surface area contributed by atoms with Crippen LogP contribution >= 0.6 is 12.2 Å². The lowest BCUT2D eigenvalue weighted by Gasteiger charge is -2.23. The Kier molecular flexibility index (Phi) is 6.82. The molecule has 1 aromatic rings. The van der Waals surface area contributed by atoms with Crippen LogP contribution in [0.5, 0.6) is 0 Å². The maximum Gasteiger partial charge on any atom is 0.358 e. The second kappa shape index (κ2) is 8.39. The van der Waals surface area contributed by atoms with E-state index < -0.39 is 5.97 Å². The van der Waals surface area contributed by atoms with Crippen molar-refractivity contribution in [3.8, 4) is 0 Å². The van der Waals surface area contributed by atoms with Gasteiger partial charge in [0.25, 0.3) is 0 Å². The van der Waals surface area contributed by atoms with Gasteiger partial charge in [-0.1, -0.05) is 12.2 Å². The fraction of sp³-hybridized carbons (Fsp3) is 0.500. The highest BCUT2D eigenvalue weighted by atomic mass is 32.1. The first-order valence-corrected chi connectivity index (χ1v) is 6.42. The van der Waals surface area contributed by atoms with Crippen LogP contribution in [0.15, 0.2) is 12.4 Å². The smallest absolute Gasteiger partial charge is 0.358 e. The molecule has 0 aliphatic rings. The molecule has 0 aromatic carbocycles. The second-order valence-electron chi connectivity index (χ2n) is 3.95. The number of esters is 1. The summed E-state index contributed by atoms with van der Waals surface area (Å²) in [6, 6.07) is 0. The summed E-state index contributed by atoms with van der Waals surface area (Å²) < 4.78 is 9.68. The minimum absolute atomic E-state index is 0.155. The van der Waals surface area contributed by atoms with E-state index in [4.69, 9.17) is 22.7 Å². The van der Waals surface area contributed by atoms with Crippen LogP contribution in [0.4, 0.5) is 5.82 Å². The van der Waals surface area contributed by atoms with Crippen molar-refractivity contribution >= 4 is 29.0 Å². The molecular weight excluding hydrogens is 280 g/mol. The maximum atomic E-state index is 11.5. The van der Waals surface area contributed by atoms with E-state index in [0.717, 1.165) is 0 Å². The Balaban J connectivity index is 2.88. The molecule has 0 aliphatic heterocycles. The molecular formula is C12H18N4O3S. The summed E-state index contributed by atoms with van der Waals surface area (Å²) in [6.07, 6.45) is 3.47. The number of nitrogens with zero attached hydrogens (tertiary/aromatic N) is 3. The summed E-state index contributed by atoms with van der Waals surface area (Å²) in [4.78, 5) is 22.0. The summed E-state index contributed by atoms with van der Waals surface area (Å²) in [7, 11) is 2.91. The Labute approximate surface area is 123 Å². The number of nitrogens with two attached hydrogens (primary N) is 1. The van der Waals surface area contributed by atoms with Crippen LogP contribution in [0.1, 0.15) is 16.9 Å². The van der Waals surface area contributed by atoms with Gasteiger partial charge in [0.05, 0.1) is 31.1 Å². The zero-order chi connectivity index (χ0) is 15.0. The van der Waals surface area contributed by atoms with Crippen molar-refractivity contribution in [1.82, 2.24) is 9.97 Å². The predicted molar refractivity (Wildman–Crippen MR) is 78.9 cm³/mol. The van der Waals surface area contributed by atoms with E-state index in [1.54, 1.807) is 13.3 Å². The number of aromatic nitrogens is 2.